The van der Waals surface area contributed by atoms with Crippen LogP contribution in [-0.4, -0.2) is 29.2 Å². The summed E-state index contributed by atoms with van der Waals surface area (Å²) in [7, 11) is 0. The van der Waals surface area contributed by atoms with Crippen molar-refractivity contribution in [3.05, 3.63) is 0 Å². The van der Waals surface area contributed by atoms with E-state index in [1.54, 1.807) is 0 Å². The zero-order chi connectivity index (χ0) is 7.14. The van der Waals surface area contributed by atoms with Crippen molar-refractivity contribution in [3.63, 3.8) is 0 Å². The van der Waals surface area contributed by atoms with Crippen LogP contribution >= 0.6 is 0 Å². The molecule has 3 nitrogen and oxygen atoms in total. The maximum atomic E-state index is 10.9. The SMILES string of the molecule is O=C1C[C@H]2C[C@H](O)[C@@H](C1)O2. The minimum atomic E-state index is -0.392. The molecule has 56 valence electrons. The Morgan fingerprint density at radius 1 is 1.50 bits per heavy atom. The smallest absolute Gasteiger partial charge is 0.138 e. The number of aliphatic hydroxyl groups excluding tert-OH is 1. The first-order chi connectivity index (χ1) is 4.75. The van der Waals surface area contributed by atoms with Gasteiger partial charge in [0.25, 0.3) is 0 Å². The summed E-state index contributed by atoms with van der Waals surface area (Å²) in [6, 6.07) is 0. The van der Waals surface area contributed by atoms with Crippen LogP contribution in [-0.2, 0) is 9.53 Å². The Bertz CT molecular complexity index is 164. The predicted molar refractivity (Wildman–Crippen MR) is 33.5 cm³/mol. The van der Waals surface area contributed by atoms with Crippen molar-refractivity contribution < 1.29 is 14.6 Å². The van der Waals surface area contributed by atoms with E-state index in [0.29, 0.717) is 19.3 Å². The zero-order valence-corrected chi connectivity index (χ0v) is 5.62. The van der Waals surface area contributed by atoms with E-state index in [9.17, 15) is 9.90 Å². The van der Waals surface area contributed by atoms with Crippen LogP contribution in [0.3, 0.4) is 0 Å². The van der Waals surface area contributed by atoms with Crippen LogP contribution in [0.5, 0.6) is 0 Å². The molecule has 2 aliphatic heterocycles. The highest BCUT2D eigenvalue weighted by Crippen LogP contribution is 2.30. The zero-order valence-electron chi connectivity index (χ0n) is 5.62. The summed E-state index contributed by atoms with van der Waals surface area (Å²) in [5.74, 6) is 0.234. The lowest BCUT2D eigenvalue weighted by Crippen LogP contribution is -2.28. The van der Waals surface area contributed by atoms with Gasteiger partial charge in [0, 0.05) is 19.3 Å². The molecule has 0 aromatic carbocycles. The molecule has 2 fully saturated rings. The summed E-state index contributed by atoms with van der Waals surface area (Å²) in [4.78, 5) is 10.9. The van der Waals surface area contributed by atoms with Gasteiger partial charge in [-0.3, -0.25) is 4.79 Å². The standard InChI is InChI=1S/C7H10O3/c8-4-1-5-3-6(9)7(2-4)10-5/h5-7,9H,1-3H2/t5-,6-,7+/m0/s1. The highest BCUT2D eigenvalue weighted by molar-refractivity contribution is 5.80. The molecule has 0 spiro atoms. The molecule has 2 heterocycles. The van der Waals surface area contributed by atoms with E-state index in [-0.39, 0.29) is 18.0 Å². The summed E-state index contributed by atoms with van der Waals surface area (Å²) < 4.78 is 5.31. The van der Waals surface area contributed by atoms with E-state index in [0.717, 1.165) is 0 Å². The average molecular weight is 142 g/mol. The largest absolute Gasteiger partial charge is 0.390 e. The minimum Gasteiger partial charge on any atom is -0.390 e. The van der Waals surface area contributed by atoms with Gasteiger partial charge in [-0.05, 0) is 0 Å². The summed E-state index contributed by atoms with van der Waals surface area (Å²) >= 11 is 0. The fraction of sp³-hybridized carbons (Fsp3) is 0.857. The van der Waals surface area contributed by atoms with E-state index in [1.165, 1.54) is 0 Å². The molecular formula is C7H10O3. The molecule has 2 aliphatic rings. The van der Waals surface area contributed by atoms with Gasteiger partial charge in [-0.1, -0.05) is 0 Å². The predicted octanol–water partition coefficient (Wildman–Crippen LogP) is -0.132. The Labute approximate surface area is 59.0 Å². The molecule has 2 bridgehead atoms. The minimum absolute atomic E-state index is 0.0150. The Balaban J connectivity index is 2.13. The number of ketones is 1. The summed E-state index contributed by atoms with van der Waals surface area (Å²) in [6.07, 6.45) is 1.01. The van der Waals surface area contributed by atoms with E-state index < -0.39 is 6.10 Å². The third kappa shape index (κ3) is 0.859. The van der Waals surface area contributed by atoms with Crippen LogP contribution in [0.1, 0.15) is 19.3 Å². The van der Waals surface area contributed by atoms with Gasteiger partial charge in [0.1, 0.15) is 5.78 Å². The molecule has 0 saturated carbocycles. The maximum Gasteiger partial charge on any atom is 0.138 e. The molecule has 3 atom stereocenters. The number of carbonyl (C=O) groups excluding carboxylic acids is 1. The average Bonchev–Trinajstić information content (AvgIpc) is 2.07. The van der Waals surface area contributed by atoms with Crippen molar-refractivity contribution >= 4 is 5.78 Å². The molecule has 2 rings (SSSR count). The third-order valence-corrected chi connectivity index (χ3v) is 2.18. The lowest BCUT2D eigenvalue weighted by molar-refractivity contribution is -0.131. The second-order valence-corrected chi connectivity index (χ2v) is 3.05. The van der Waals surface area contributed by atoms with Crippen LogP contribution in [0.25, 0.3) is 0 Å². The molecule has 0 aromatic rings. The van der Waals surface area contributed by atoms with E-state index in [1.807, 2.05) is 0 Å². The molecule has 10 heavy (non-hydrogen) atoms. The van der Waals surface area contributed by atoms with E-state index >= 15 is 0 Å². The summed E-state index contributed by atoms with van der Waals surface area (Å²) in [5, 5.41) is 9.24. The molecule has 0 unspecified atom stereocenters. The number of ether oxygens (including phenoxy) is 1. The summed E-state index contributed by atoms with van der Waals surface area (Å²) in [5.41, 5.74) is 0. The fourth-order valence-electron chi connectivity index (χ4n) is 1.69. The number of aliphatic hydroxyl groups is 1. The normalized spacial score (nSPS) is 46.1. The van der Waals surface area contributed by atoms with E-state index in [4.69, 9.17) is 4.74 Å². The van der Waals surface area contributed by atoms with E-state index in [2.05, 4.69) is 0 Å². The summed E-state index contributed by atoms with van der Waals surface area (Å²) in [6.45, 7) is 0. The Kier molecular flexibility index (Phi) is 1.28. The Morgan fingerprint density at radius 2 is 2.30 bits per heavy atom. The second kappa shape index (κ2) is 2.04. The molecule has 2 saturated heterocycles. The van der Waals surface area contributed by atoms with Gasteiger partial charge in [-0.25, -0.2) is 0 Å². The first-order valence-corrected chi connectivity index (χ1v) is 3.61. The number of rotatable bonds is 0. The Morgan fingerprint density at radius 3 is 3.00 bits per heavy atom. The van der Waals surface area contributed by atoms with Gasteiger partial charge in [0.15, 0.2) is 0 Å². The van der Waals surface area contributed by atoms with Gasteiger partial charge in [-0.15, -0.1) is 0 Å². The number of hydrogen-bond donors (Lipinski definition) is 1. The van der Waals surface area contributed by atoms with Gasteiger partial charge >= 0.3 is 0 Å². The monoisotopic (exact) mass is 142 g/mol. The molecule has 3 heteroatoms. The lowest BCUT2D eigenvalue weighted by atomic mass is 10.1. The van der Waals surface area contributed by atoms with Crippen LogP contribution in [0.4, 0.5) is 0 Å². The first-order valence-electron chi connectivity index (χ1n) is 3.61. The van der Waals surface area contributed by atoms with Crippen LogP contribution in [0.2, 0.25) is 0 Å². The van der Waals surface area contributed by atoms with Gasteiger partial charge < -0.3 is 9.84 Å². The molecule has 0 aliphatic carbocycles. The molecule has 1 N–H and O–H groups in total. The van der Waals surface area contributed by atoms with Crippen LogP contribution in [0.15, 0.2) is 0 Å². The second-order valence-electron chi connectivity index (χ2n) is 3.05. The first kappa shape index (κ1) is 6.31. The molecular weight excluding hydrogens is 132 g/mol. The highest BCUT2D eigenvalue weighted by Gasteiger charge is 2.40. The number of carbonyl (C=O) groups is 1. The third-order valence-electron chi connectivity index (χ3n) is 2.18. The highest BCUT2D eigenvalue weighted by atomic mass is 16.5. The van der Waals surface area contributed by atoms with Crippen molar-refractivity contribution in [2.24, 2.45) is 0 Å². The topological polar surface area (TPSA) is 46.5 Å². The van der Waals surface area contributed by atoms with Crippen molar-refractivity contribution in [2.45, 2.75) is 37.6 Å². The van der Waals surface area contributed by atoms with Crippen molar-refractivity contribution in [1.82, 2.24) is 0 Å². The van der Waals surface area contributed by atoms with Crippen molar-refractivity contribution in [3.8, 4) is 0 Å². The Hall–Kier alpha value is -0.410. The van der Waals surface area contributed by atoms with Crippen molar-refractivity contribution in [2.75, 3.05) is 0 Å². The quantitative estimate of drug-likeness (QED) is 0.512. The molecule has 0 radical (unpaired) electrons. The number of Topliss-reactive ketones (excluding diaryl/α,β-unsaturated/α-hetero) is 1. The lowest BCUT2D eigenvalue weighted by Gasteiger charge is -2.18. The van der Waals surface area contributed by atoms with Crippen molar-refractivity contribution in [1.29, 1.82) is 0 Å². The maximum absolute atomic E-state index is 10.9. The van der Waals surface area contributed by atoms with Crippen LogP contribution in [0, 0.1) is 0 Å². The van der Waals surface area contributed by atoms with Gasteiger partial charge in [0.2, 0.25) is 0 Å². The molecule has 0 aromatic heterocycles. The molecule has 0 amide bonds. The fourth-order valence-corrected chi connectivity index (χ4v) is 1.69. The van der Waals surface area contributed by atoms with Gasteiger partial charge in [0.05, 0.1) is 18.3 Å². The van der Waals surface area contributed by atoms with Crippen LogP contribution < -0.4 is 0 Å². The number of hydrogen-bond acceptors (Lipinski definition) is 3. The number of fused-ring (bicyclic) bond motifs is 2. The van der Waals surface area contributed by atoms with Gasteiger partial charge in [-0.2, -0.15) is 0 Å².